The highest BCUT2D eigenvalue weighted by molar-refractivity contribution is 7.80. The summed E-state index contributed by atoms with van der Waals surface area (Å²) in [6.45, 7) is 7.39. The van der Waals surface area contributed by atoms with E-state index in [0.717, 1.165) is 23.6 Å². The van der Waals surface area contributed by atoms with Crippen molar-refractivity contribution in [3.63, 3.8) is 0 Å². The van der Waals surface area contributed by atoms with Crippen LogP contribution in [0.15, 0.2) is 0 Å². The molecule has 0 saturated carbocycles. The van der Waals surface area contributed by atoms with Crippen LogP contribution in [0.5, 0.6) is 0 Å². The van der Waals surface area contributed by atoms with Gasteiger partial charge in [0, 0.05) is 20.6 Å². The lowest BCUT2D eigenvalue weighted by Crippen LogP contribution is -2.28. The van der Waals surface area contributed by atoms with Crippen LogP contribution in [0.3, 0.4) is 0 Å². The fraction of sp³-hybridized carbons (Fsp3) is 0.667. The molecule has 0 amide bonds. The van der Waals surface area contributed by atoms with Crippen LogP contribution in [-0.2, 0) is 11.8 Å². The number of thiocarbonyl (C=S) groups is 1. The Labute approximate surface area is 114 Å². The molecule has 1 heterocycles. The Bertz CT molecular complexity index is 428. The summed E-state index contributed by atoms with van der Waals surface area (Å²) in [5.74, 6) is 0.937. The van der Waals surface area contributed by atoms with Crippen LogP contribution < -0.4 is 10.6 Å². The number of rotatable bonds is 6. The van der Waals surface area contributed by atoms with E-state index in [1.54, 1.807) is 4.68 Å². The third kappa shape index (κ3) is 3.43. The summed E-state index contributed by atoms with van der Waals surface area (Å²) in [7, 11) is 3.88. The van der Waals surface area contributed by atoms with Gasteiger partial charge in [-0.1, -0.05) is 12.2 Å². The molecular weight excluding hydrogens is 248 g/mol. The number of aromatic nitrogens is 2. The van der Waals surface area contributed by atoms with E-state index in [-0.39, 0.29) is 6.10 Å². The van der Waals surface area contributed by atoms with Crippen LogP contribution in [0.25, 0.3) is 0 Å². The number of nitrogens with zero attached hydrogens (tertiary/aromatic N) is 3. The van der Waals surface area contributed by atoms with Crippen LogP contribution in [0.4, 0.5) is 5.82 Å². The smallest absolute Gasteiger partial charge is 0.136 e. The number of nitrogens with two attached hydrogens (primary N) is 1. The Morgan fingerprint density at radius 2 is 2.17 bits per heavy atom. The van der Waals surface area contributed by atoms with Gasteiger partial charge in [-0.25, -0.2) is 0 Å². The van der Waals surface area contributed by atoms with Gasteiger partial charge >= 0.3 is 0 Å². The Kier molecular flexibility index (Phi) is 5.10. The number of likely N-dealkylation sites (N-methyl/N-ethyl adjacent to an activating group) is 1. The second kappa shape index (κ2) is 6.15. The second-order valence-electron chi connectivity index (χ2n) is 4.61. The normalized spacial score (nSPS) is 11.0. The van der Waals surface area contributed by atoms with Gasteiger partial charge in [-0.15, -0.1) is 0 Å². The van der Waals surface area contributed by atoms with Gasteiger partial charge in [0.15, 0.2) is 0 Å². The van der Waals surface area contributed by atoms with Gasteiger partial charge < -0.3 is 15.4 Å². The number of aryl methyl sites for hydroxylation is 2. The summed E-state index contributed by atoms with van der Waals surface area (Å²) in [5.41, 5.74) is 7.47. The predicted molar refractivity (Wildman–Crippen MR) is 78.2 cm³/mol. The molecule has 5 nitrogen and oxygen atoms in total. The molecule has 0 aromatic carbocycles. The lowest BCUT2D eigenvalue weighted by Gasteiger charge is -2.21. The van der Waals surface area contributed by atoms with Gasteiger partial charge in [0.2, 0.25) is 0 Å². The first kappa shape index (κ1) is 14.9. The van der Waals surface area contributed by atoms with Crippen LogP contribution in [0.1, 0.15) is 25.1 Å². The van der Waals surface area contributed by atoms with E-state index in [2.05, 4.69) is 10.00 Å². The molecule has 0 aliphatic rings. The molecular formula is C12H22N4OS. The van der Waals surface area contributed by atoms with Gasteiger partial charge in [-0.3, -0.25) is 4.68 Å². The van der Waals surface area contributed by atoms with E-state index in [4.69, 9.17) is 22.7 Å². The summed E-state index contributed by atoms with van der Waals surface area (Å²) >= 11 is 5.09. The first-order valence-corrected chi connectivity index (χ1v) is 6.41. The molecule has 6 heteroatoms. The minimum Gasteiger partial charge on any atom is -0.389 e. The standard InChI is InChI=1S/C12H22N4OS/c1-8(2)17-7-6-15(4)12-10(11(13)18)9(3)14-16(12)5/h8H,6-7H2,1-5H3,(H2,13,18). The zero-order valence-corrected chi connectivity index (χ0v) is 12.5. The first-order valence-electron chi connectivity index (χ1n) is 6.00. The Balaban J connectivity index is 2.84. The number of hydrogen-bond acceptors (Lipinski definition) is 4. The van der Waals surface area contributed by atoms with Gasteiger partial charge in [0.05, 0.1) is 24.0 Å². The molecule has 0 unspecified atom stereocenters. The molecule has 0 aliphatic heterocycles. The summed E-state index contributed by atoms with van der Waals surface area (Å²) in [5, 5.41) is 4.36. The molecule has 0 fully saturated rings. The van der Waals surface area contributed by atoms with Gasteiger partial charge in [-0.2, -0.15) is 5.10 Å². The number of hydrogen-bond donors (Lipinski definition) is 1. The van der Waals surface area contributed by atoms with E-state index in [1.165, 1.54) is 0 Å². The highest BCUT2D eigenvalue weighted by Crippen LogP contribution is 2.21. The minimum atomic E-state index is 0.238. The molecule has 0 radical (unpaired) electrons. The van der Waals surface area contributed by atoms with Crippen molar-refractivity contribution in [3.05, 3.63) is 11.3 Å². The van der Waals surface area contributed by atoms with Gasteiger partial charge in [-0.05, 0) is 20.8 Å². The highest BCUT2D eigenvalue weighted by atomic mass is 32.1. The van der Waals surface area contributed by atoms with Crippen LogP contribution >= 0.6 is 12.2 Å². The van der Waals surface area contributed by atoms with Crippen molar-refractivity contribution in [1.29, 1.82) is 0 Å². The third-order valence-electron chi connectivity index (χ3n) is 2.68. The Morgan fingerprint density at radius 1 is 1.56 bits per heavy atom. The maximum atomic E-state index is 5.76. The monoisotopic (exact) mass is 270 g/mol. The Morgan fingerprint density at radius 3 is 2.67 bits per heavy atom. The lowest BCUT2D eigenvalue weighted by molar-refractivity contribution is 0.0845. The molecule has 0 atom stereocenters. The lowest BCUT2D eigenvalue weighted by atomic mass is 10.2. The van der Waals surface area contributed by atoms with Crippen molar-refractivity contribution in [2.45, 2.75) is 26.9 Å². The zero-order valence-electron chi connectivity index (χ0n) is 11.7. The highest BCUT2D eigenvalue weighted by Gasteiger charge is 2.18. The predicted octanol–water partition coefficient (Wildman–Crippen LogP) is 1.22. The zero-order chi connectivity index (χ0) is 13.9. The summed E-state index contributed by atoms with van der Waals surface area (Å²) < 4.78 is 7.35. The fourth-order valence-electron chi connectivity index (χ4n) is 1.90. The molecule has 18 heavy (non-hydrogen) atoms. The van der Waals surface area contributed by atoms with E-state index in [0.29, 0.717) is 11.6 Å². The van der Waals surface area contributed by atoms with Crippen molar-refractivity contribution in [2.24, 2.45) is 12.8 Å². The second-order valence-corrected chi connectivity index (χ2v) is 5.05. The third-order valence-corrected chi connectivity index (χ3v) is 2.88. The van der Waals surface area contributed by atoms with Crippen molar-refractivity contribution < 1.29 is 4.74 Å². The topological polar surface area (TPSA) is 56.3 Å². The van der Waals surface area contributed by atoms with E-state index < -0.39 is 0 Å². The Hall–Kier alpha value is -1.14. The number of anilines is 1. The largest absolute Gasteiger partial charge is 0.389 e. The molecule has 1 rings (SSSR count). The molecule has 1 aromatic heterocycles. The van der Waals surface area contributed by atoms with Gasteiger partial charge in [0.25, 0.3) is 0 Å². The van der Waals surface area contributed by atoms with Crippen molar-refractivity contribution in [3.8, 4) is 0 Å². The fourth-order valence-corrected chi connectivity index (χ4v) is 2.14. The van der Waals surface area contributed by atoms with Crippen molar-refractivity contribution >= 4 is 23.0 Å². The molecule has 102 valence electrons. The average molecular weight is 270 g/mol. The summed E-state index contributed by atoms with van der Waals surface area (Å²) in [4.78, 5) is 2.45. The first-order chi connectivity index (χ1) is 8.34. The maximum absolute atomic E-state index is 5.76. The van der Waals surface area contributed by atoms with Crippen LogP contribution in [0, 0.1) is 6.92 Å². The minimum absolute atomic E-state index is 0.238. The summed E-state index contributed by atoms with van der Waals surface area (Å²) in [6, 6.07) is 0. The van der Waals surface area contributed by atoms with Crippen molar-refractivity contribution in [1.82, 2.24) is 9.78 Å². The van der Waals surface area contributed by atoms with Gasteiger partial charge in [0.1, 0.15) is 10.8 Å². The summed E-state index contributed by atoms with van der Waals surface area (Å²) in [6.07, 6.45) is 0.238. The molecule has 0 saturated heterocycles. The van der Waals surface area contributed by atoms with E-state index in [1.807, 2.05) is 34.9 Å². The molecule has 0 aliphatic carbocycles. The van der Waals surface area contributed by atoms with E-state index in [9.17, 15) is 0 Å². The molecule has 1 aromatic rings. The molecule has 2 N–H and O–H groups in total. The maximum Gasteiger partial charge on any atom is 0.136 e. The van der Waals surface area contributed by atoms with Crippen molar-refractivity contribution in [2.75, 3.05) is 25.1 Å². The SMILES string of the molecule is Cc1nn(C)c(N(C)CCOC(C)C)c1C(N)=S. The number of ether oxygens (including phenoxy) is 1. The van der Waals surface area contributed by atoms with Crippen LogP contribution in [0.2, 0.25) is 0 Å². The molecule has 0 bridgehead atoms. The van der Waals surface area contributed by atoms with Crippen LogP contribution in [-0.4, -0.2) is 41.1 Å². The quantitative estimate of drug-likeness (QED) is 0.788. The molecule has 0 spiro atoms. The van der Waals surface area contributed by atoms with E-state index >= 15 is 0 Å². The average Bonchev–Trinajstić information content (AvgIpc) is 2.52.